The number of carbonyl (C=O) groups is 2. The molecule has 9 nitrogen and oxygen atoms in total. The van der Waals surface area contributed by atoms with Gasteiger partial charge >= 0.3 is 0 Å². The molecule has 4 aromatic rings. The lowest BCUT2D eigenvalue weighted by atomic mass is 9.74. The molecule has 2 aromatic carbocycles. The second kappa shape index (κ2) is 13.5. The van der Waals surface area contributed by atoms with Crippen LogP contribution < -0.4 is 10.6 Å². The van der Waals surface area contributed by atoms with Crippen LogP contribution in [0.4, 0.5) is 0 Å². The first-order valence-electron chi connectivity index (χ1n) is 14.2. The van der Waals surface area contributed by atoms with E-state index in [1.54, 1.807) is 13.2 Å². The molecule has 0 spiro atoms. The summed E-state index contributed by atoms with van der Waals surface area (Å²) in [6, 6.07) is 20.9. The van der Waals surface area contributed by atoms with Crippen molar-refractivity contribution in [2.45, 2.75) is 50.8 Å². The third-order valence-corrected chi connectivity index (χ3v) is 7.83. The number of pyridine rings is 1. The number of aliphatic hydroxyl groups is 1. The Morgan fingerprint density at radius 3 is 2.59 bits per heavy atom. The Balaban J connectivity index is 1.33. The minimum absolute atomic E-state index is 0.0428. The fourth-order valence-corrected chi connectivity index (χ4v) is 5.75. The highest BCUT2D eigenvalue weighted by atomic mass is 16.5. The van der Waals surface area contributed by atoms with Gasteiger partial charge < -0.3 is 25.0 Å². The Morgan fingerprint density at radius 2 is 1.83 bits per heavy atom. The molecule has 0 radical (unpaired) electrons. The van der Waals surface area contributed by atoms with Gasteiger partial charge in [0.2, 0.25) is 11.8 Å². The van der Waals surface area contributed by atoms with Gasteiger partial charge in [0.1, 0.15) is 24.0 Å². The van der Waals surface area contributed by atoms with Crippen molar-refractivity contribution in [2.75, 3.05) is 20.3 Å². The zero-order chi connectivity index (χ0) is 28.6. The van der Waals surface area contributed by atoms with Crippen molar-refractivity contribution in [1.29, 1.82) is 0 Å². The van der Waals surface area contributed by atoms with Gasteiger partial charge in [-0.3, -0.25) is 9.59 Å². The predicted octanol–water partition coefficient (Wildman–Crippen LogP) is 3.87. The van der Waals surface area contributed by atoms with Crippen LogP contribution in [-0.4, -0.2) is 51.7 Å². The number of imidazole rings is 1. The van der Waals surface area contributed by atoms with Crippen molar-refractivity contribution >= 4 is 23.0 Å². The molecule has 2 amide bonds. The topological polar surface area (TPSA) is 118 Å². The minimum atomic E-state index is -0.729. The Hall–Kier alpha value is -4.08. The Bertz CT molecular complexity index is 1450. The Morgan fingerprint density at radius 1 is 1.05 bits per heavy atom. The first-order valence-corrected chi connectivity index (χ1v) is 14.2. The number of benzene rings is 2. The largest absolute Gasteiger partial charge is 0.394 e. The number of aliphatic hydroxyl groups excluding tert-OH is 1. The van der Waals surface area contributed by atoms with Crippen molar-refractivity contribution in [2.24, 2.45) is 5.92 Å². The number of hydrogen-bond donors (Lipinski definition) is 3. The number of nitrogens with one attached hydrogen (secondary N) is 2. The second-order valence-electron chi connectivity index (χ2n) is 10.4. The third-order valence-electron chi connectivity index (χ3n) is 7.83. The van der Waals surface area contributed by atoms with E-state index >= 15 is 0 Å². The van der Waals surface area contributed by atoms with Crippen LogP contribution in [-0.2, 0) is 27.5 Å². The SMILES string of the molecule is CNC(=O)C(NC(=O)[C@@H]1CCCCC1c1ccc(Cn2c(COCCO)nc3cccnc32)cc1)c1ccccc1. The van der Waals surface area contributed by atoms with Crippen LogP contribution in [0, 0.1) is 5.92 Å². The summed E-state index contributed by atoms with van der Waals surface area (Å²) in [7, 11) is 1.59. The van der Waals surface area contributed by atoms with Crippen molar-refractivity contribution in [1.82, 2.24) is 25.2 Å². The normalized spacial score (nSPS) is 17.7. The zero-order valence-corrected chi connectivity index (χ0v) is 23.3. The smallest absolute Gasteiger partial charge is 0.246 e. The van der Waals surface area contributed by atoms with Crippen LogP contribution in [0.1, 0.15) is 60.2 Å². The molecule has 9 heteroatoms. The Kier molecular flexibility index (Phi) is 9.38. The molecule has 0 saturated heterocycles. The second-order valence-corrected chi connectivity index (χ2v) is 10.4. The zero-order valence-electron chi connectivity index (χ0n) is 23.3. The molecule has 0 bridgehead atoms. The lowest BCUT2D eigenvalue weighted by molar-refractivity contribution is -0.132. The first-order chi connectivity index (χ1) is 20.1. The summed E-state index contributed by atoms with van der Waals surface area (Å²) in [5.74, 6) is 0.313. The minimum Gasteiger partial charge on any atom is -0.394 e. The highest BCUT2D eigenvalue weighted by molar-refractivity contribution is 5.89. The molecule has 0 aliphatic heterocycles. The average Bonchev–Trinajstić information content (AvgIpc) is 3.37. The van der Waals surface area contributed by atoms with Gasteiger partial charge in [-0.2, -0.15) is 0 Å². The van der Waals surface area contributed by atoms with E-state index in [0.29, 0.717) is 6.54 Å². The lowest BCUT2D eigenvalue weighted by Crippen LogP contribution is -2.43. The molecule has 5 rings (SSSR count). The van der Waals surface area contributed by atoms with Crippen LogP contribution in [0.3, 0.4) is 0 Å². The van der Waals surface area contributed by atoms with Crippen LogP contribution >= 0.6 is 0 Å². The lowest BCUT2D eigenvalue weighted by Gasteiger charge is -2.32. The third kappa shape index (κ3) is 6.64. The summed E-state index contributed by atoms with van der Waals surface area (Å²) in [4.78, 5) is 35.5. The molecule has 41 heavy (non-hydrogen) atoms. The molecular weight excluding hydrogens is 518 g/mol. The predicted molar refractivity (Wildman–Crippen MR) is 156 cm³/mol. The molecule has 1 aliphatic carbocycles. The standard InChI is InChI=1S/C32H37N5O4/c1-33-32(40)29(24-8-3-2-4-9-24)36-31(39)26-11-6-5-10-25(26)23-15-13-22(14-16-23)20-37-28(21-41-19-18-38)35-27-12-7-17-34-30(27)37/h2-4,7-9,12-17,25-26,29,38H,5-6,10-11,18-21H2,1H3,(H,33,40)(H,36,39)/t25?,26-,29?/m1/s1. The number of ether oxygens (including phenoxy) is 1. The highest BCUT2D eigenvalue weighted by Gasteiger charge is 2.34. The molecule has 2 heterocycles. The number of aromatic nitrogens is 3. The van der Waals surface area contributed by atoms with E-state index in [1.165, 1.54) is 0 Å². The van der Waals surface area contributed by atoms with Gasteiger partial charge in [-0.15, -0.1) is 0 Å². The van der Waals surface area contributed by atoms with E-state index in [0.717, 1.165) is 59.4 Å². The average molecular weight is 556 g/mol. The summed E-state index contributed by atoms with van der Waals surface area (Å²) in [5, 5.41) is 14.8. The number of carbonyl (C=O) groups excluding carboxylic acids is 2. The maximum atomic E-state index is 13.6. The van der Waals surface area contributed by atoms with Crippen molar-refractivity contribution in [3.63, 3.8) is 0 Å². The van der Waals surface area contributed by atoms with E-state index in [-0.39, 0.29) is 43.5 Å². The fraction of sp³-hybridized carbons (Fsp3) is 0.375. The van der Waals surface area contributed by atoms with Gasteiger partial charge in [-0.1, -0.05) is 67.4 Å². The summed E-state index contributed by atoms with van der Waals surface area (Å²) in [6.07, 6.45) is 5.53. The van der Waals surface area contributed by atoms with Gasteiger partial charge in [-0.05, 0) is 47.6 Å². The van der Waals surface area contributed by atoms with Crippen molar-refractivity contribution < 1.29 is 19.4 Å². The summed E-state index contributed by atoms with van der Waals surface area (Å²) in [5.41, 5.74) is 4.56. The van der Waals surface area contributed by atoms with Crippen LogP contribution in [0.25, 0.3) is 11.2 Å². The number of fused-ring (bicyclic) bond motifs is 1. The highest BCUT2D eigenvalue weighted by Crippen LogP contribution is 2.38. The number of rotatable bonds is 11. The molecule has 3 N–H and O–H groups in total. The van der Waals surface area contributed by atoms with E-state index < -0.39 is 6.04 Å². The molecule has 2 aromatic heterocycles. The fourth-order valence-electron chi connectivity index (χ4n) is 5.75. The van der Waals surface area contributed by atoms with Crippen molar-refractivity contribution in [3.05, 3.63) is 95.4 Å². The number of likely N-dealkylation sites (N-methyl/N-ethyl adjacent to an activating group) is 1. The molecule has 1 saturated carbocycles. The van der Waals surface area contributed by atoms with Gasteiger partial charge in [0.15, 0.2) is 5.65 Å². The number of nitrogens with zero attached hydrogens (tertiary/aromatic N) is 3. The quantitative estimate of drug-likeness (QED) is 0.242. The monoisotopic (exact) mass is 555 g/mol. The van der Waals surface area contributed by atoms with E-state index in [1.807, 2.05) is 47.0 Å². The Labute approximate surface area is 240 Å². The maximum Gasteiger partial charge on any atom is 0.246 e. The summed E-state index contributed by atoms with van der Waals surface area (Å²) >= 11 is 0. The summed E-state index contributed by atoms with van der Waals surface area (Å²) in [6.45, 7) is 1.06. The van der Waals surface area contributed by atoms with Gasteiger partial charge in [-0.25, -0.2) is 9.97 Å². The van der Waals surface area contributed by atoms with Crippen LogP contribution in [0.2, 0.25) is 0 Å². The van der Waals surface area contributed by atoms with Gasteiger partial charge in [0.05, 0.1) is 19.8 Å². The van der Waals surface area contributed by atoms with E-state index in [2.05, 4.69) is 44.9 Å². The molecule has 2 unspecified atom stereocenters. The number of amides is 2. The van der Waals surface area contributed by atoms with Gasteiger partial charge in [0.25, 0.3) is 0 Å². The van der Waals surface area contributed by atoms with Gasteiger partial charge in [0, 0.05) is 19.2 Å². The number of hydrogen-bond acceptors (Lipinski definition) is 6. The first kappa shape index (κ1) is 28.4. The van der Waals surface area contributed by atoms with Crippen LogP contribution in [0.5, 0.6) is 0 Å². The molecule has 1 aliphatic rings. The maximum absolute atomic E-state index is 13.6. The van der Waals surface area contributed by atoms with Crippen LogP contribution in [0.15, 0.2) is 72.9 Å². The van der Waals surface area contributed by atoms with Crippen molar-refractivity contribution in [3.8, 4) is 0 Å². The molecule has 1 fully saturated rings. The van der Waals surface area contributed by atoms with E-state index in [4.69, 9.17) is 9.84 Å². The molecule has 214 valence electrons. The molecule has 3 atom stereocenters. The van der Waals surface area contributed by atoms with E-state index in [9.17, 15) is 9.59 Å². The molecular formula is C32H37N5O4. The summed E-state index contributed by atoms with van der Waals surface area (Å²) < 4.78 is 7.61.